The first-order chi connectivity index (χ1) is 29.2. The molecule has 0 saturated heterocycles. The van der Waals surface area contributed by atoms with Gasteiger partial charge in [0.25, 0.3) is 0 Å². The number of hydrogen-bond acceptors (Lipinski definition) is 15. The van der Waals surface area contributed by atoms with E-state index in [0.717, 1.165) is 56.2 Å². The van der Waals surface area contributed by atoms with Gasteiger partial charge in [-0.3, -0.25) is 5.41 Å². The monoisotopic (exact) mass is 846 g/mol. The van der Waals surface area contributed by atoms with E-state index < -0.39 is 0 Å². The zero-order chi connectivity index (χ0) is 42.2. The van der Waals surface area contributed by atoms with Crippen LogP contribution >= 0.6 is 23.5 Å². The van der Waals surface area contributed by atoms with Gasteiger partial charge in [-0.05, 0) is 108 Å². The number of nitrogen functional groups attached to an aromatic ring is 1. The Balaban J connectivity index is 0.000000181. The zero-order valence-corrected chi connectivity index (χ0v) is 34.8. The van der Waals surface area contributed by atoms with E-state index in [0.29, 0.717) is 52.1 Å². The minimum absolute atomic E-state index is 0.142. The second kappa shape index (κ2) is 18.8. The Hall–Kier alpha value is -6.92. The molecule has 60 heavy (non-hydrogen) atoms. The van der Waals surface area contributed by atoms with Gasteiger partial charge < -0.3 is 49.0 Å². The summed E-state index contributed by atoms with van der Waals surface area (Å²) in [7, 11) is 6.49. The van der Waals surface area contributed by atoms with E-state index in [2.05, 4.69) is 19.9 Å². The number of hydrogen-bond donors (Lipinski definition) is 5. The van der Waals surface area contributed by atoms with Gasteiger partial charge in [0.15, 0.2) is 38.4 Å². The van der Waals surface area contributed by atoms with Crippen molar-refractivity contribution in [3.8, 4) is 34.5 Å². The van der Waals surface area contributed by atoms with E-state index in [4.69, 9.17) is 40.1 Å². The van der Waals surface area contributed by atoms with Crippen molar-refractivity contribution >= 4 is 51.7 Å². The number of aromatic amines is 1. The first-order valence-corrected chi connectivity index (χ1v) is 20.1. The van der Waals surface area contributed by atoms with Gasteiger partial charge in [-0.2, -0.15) is 0 Å². The summed E-state index contributed by atoms with van der Waals surface area (Å²) in [5.74, 6) is 3.71. The number of methoxy groups -OCH3 is 4. The molecule has 0 amide bonds. The van der Waals surface area contributed by atoms with Gasteiger partial charge in [0.2, 0.25) is 0 Å². The molecule has 4 aromatic carbocycles. The molecule has 0 bridgehead atoms. The second-order valence-electron chi connectivity index (χ2n) is 13.1. The molecular formula is C42H42N10O6S2. The first-order valence-electron chi connectivity index (χ1n) is 18.5. The SMILES string of the molecule is COc1ccc(OC)c(Sc2nc3c(N)ncnc3n2CCc2ccc(O)cc2)c1.COc1ccc(OC)c(Sc2nc3c([nH]2)c(=N)ncn3CCc2ccc(O)cc2)c1. The summed E-state index contributed by atoms with van der Waals surface area (Å²) in [6.45, 7) is 1.28. The number of aryl methyl sites for hydroxylation is 4. The number of anilines is 1. The van der Waals surface area contributed by atoms with E-state index in [1.165, 1.54) is 29.9 Å². The molecule has 0 atom stereocenters. The topological polar surface area (TPSA) is 217 Å². The molecule has 8 rings (SSSR count). The lowest BCUT2D eigenvalue weighted by Crippen LogP contribution is -2.13. The molecule has 0 fully saturated rings. The maximum Gasteiger partial charge on any atom is 0.175 e. The lowest BCUT2D eigenvalue weighted by molar-refractivity contribution is 0.394. The molecule has 0 aliphatic heterocycles. The number of aromatic hydroxyl groups is 2. The number of nitrogens with one attached hydrogen (secondary N) is 2. The lowest BCUT2D eigenvalue weighted by atomic mass is 10.1. The van der Waals surface area contributed by atoms with Crippen LogP contribution in [-0.4, -0.2) is 77.7 Å². The van der Waals surface area contributed by atoms with Crippen molar-refractivity contribution in [3.63, 3.8) is 0 Å². The molecular weight excluding hydrogens is 805 g/mol. The number of imidazole rings is 2. The third kappa shape index (κ3) is 9.51. The van der Waals surface area contributed by atoms with Gasteiger partial charge in [0.1, 0.15) is 46.3 Å². The van der Waals surface area contributed by atoms with Gasteiger partial charge in [0.05, 0.1) is 44.6 Å². The third-order valence-electron chi connectivity index (χ3n) is 9.31. The van der Waals surface area contributed by atoms with Crippen molar-refractivity contribution in [2.75, 3.05) is 34.2 Å². The largest absolute Gasteiger partial charge is 0.508 e. The van der Waals surface area contributed by atoms with Crippen LogP contribution in [0.4, 0.5) is 5.82 Å². The van der Waals surface area contributed by atoms with Crippen LogP contribution in [0.25, 0.3) is 22.3 Å². The van der Waals surface area contributed by atoms with Crippen LogP contribution < -0.4 is 30.2 Å². The number of H-pyrrole nitrogens is 1. The summed E-state index contributed by atoms with van der Waals surface area (Å²) in [5, 5.41) is 28.4. The van der Waals surface area contributed by atoms with Crippen molar-refractivity contribution in [3.05, 3.63) is 114 Å². The fraction of sp³-hybridized carbons (Fsp3) is 0.190. The Bertz CT molecular complexity index is 2790. The Labute approximate surface area is 352 Å². The van der Waals surface area contributed by atoms with Gasteiger partial charge in [-0.15, -0.1) is 0 Å². The summed E-state index contributed by atoms with van der Waals surface area (Å²) in [4.78, 5) is 27.0. The van der Waals surface area contributed by atoms with E-state index >= 15 is 0 Å². The standard InChI is InChI=1S/2C21H21N5O3S/c1-28-15-7-8-16(29-2)17(11-15)30-21-24-18-19(22)23-12-26(20(18)25-21)10-9-13-3-5-14(27)6-4-13;1-28-15-7-8-16(29-2)17(11-15)30-21-25-18-19(22)23-12-24-20(18)26(21)10-9-13-3-5-14(27)6-4-13/h3-8,11-12,22,27H,9-10H2,1-2H3,(H,24,25);3-8,11-12,27H,9-10H2,1-2H3,(H2,22,23,24). The van der Waals surface area contributed by atoms with Gasteiger partial charge in [-0.1, -0.05) is 24.3 Å². The normalized spacial score (nSPS) is 11.0. The number of nitrogens with two attached hydrogens (primary N) is 1. The van der Waals surface area contributed by atoms with E-state index in [1.54, 1.807) is 59.0 Å². The maximum atomic E-state index is 9.51. The van der Waals surface area contributed by atoms with Crippen molar-refractivity contribution in [1.29, 1.82) is 5.41 Å². The lowest BCUT2D eigenvalue weighted by Gasteiger charge is -2.12. The highest BCUT2D eigenvalue weighted by Crippen LogP contribution is 2.39. The highest BCUT2D eigenvalue weighted by atomic mass is 32.2. The van der Waals surface area contributed by atoms with Gasteiger partial charge in [-0.25, -0.2) is 24.9 Å². The molecule has 0 aliphatic rings. The molecule has 0 aliphatic carbocycles. The smallest absolute Gasteiger partial charge is 0.175 e. The molecule has 0 spiro atoms. The van der Waals surface area contributed by atoms with Crippen molar-refractivity contribution in [2.24, 2.45) is 0 Å². The number of aromatic nitrogens is 8. The predicted octanol–water partition coefficient (Wildman–Crippen LogP) is 6.88. The molecule has 16 nitrogen and oxygen atoms in total. The van der Waals surface area contributed by atoms with Crippen LogP contribution in [0.15, 0.2) is 118 Å². The molecule has 6 N–H and O–H groups in total. The average molecular weight is 847 g/mol. The maximum absolute atomic E-state index is 9.51. The summed E-state index contributed by atoms with van der Waals surface area (Å²) < 4.78 is 25.6. The first kappa shape index (κ1) is 41.2. The summed E-state index contributed by atoms with van der Waals surface area (Å²) in [5.41, 5.74) is 10.8. The van der Waals surface area contributed by atoms with Crippen LogP contribution in [0.1, 0.15) is 11.1 Å². The van der Waals surface area contributed by atoms with Crippen LogP contribution in [0.5, 0.6) is 34.5 Å². The Morgan fingerprint density at radius 3 is 1.85 bits per heavy atom. The number of rotatable bonds is 14. The number of benzene rings is 4. The Morgan fingerprint density at radius 1 is 0.683 bits per heavy atom. The Kier molecular flexibility index (Phi) is 12.9. The predicted molar refractivity (Wildman–Crippen MR) is 228 cm³/mol. The summed E-state index contributed by atoms with van der Waals surface area (Å²) in [6.07, 6.45) is 4.56. The minimum Gasteiger partial charge on any atom is -0.508 e. The fourth-order valence-electron chi connectivity index (χ4n) is 6.13. The highest BCUT2D eigenvalue weighted by molar-refractivity contribution is 7.99. The number of fused-ring (bicyclic) bond motifs is 2. The van der Waals surface area contributed by atoms with E-state index in [-0.39, 0.29) is 17.0 Å². The highest BCUT2D eigenvalue weighted by Gasteiger charge is 2.19. The van der Waals surface area contributed by atoms with E-state index in [1.807, 2.05) is 69.8 Å². The van der Waals surface area contributed by atoms with E-state index in [9.17, 15) is 10.2 Å². The number of ether oxygens (including phenoxy) is 4. The number of nitrogens with zero attached hydrogens (tertiary/aromatic N) is 7. The van der Waals surface area contributed by atoms with Crippen molar-refractivity contribution in [2.45, 2.75) is 46.0 Å². The molecule has 0 unspecified atom stereocenters. The van der Waals surface area contributed by atoms with Crippen LogP contribution in [0.2, 0.25) is 0 Å². The average Bonchev–Trinajstić information content (AvgIpc) is 3.86. The fourth-order valence-corrected chi connectivity index (χ4v) is 8.10. The zero-order valence-electron chi connectivity index (χ0n) is 33.1. The van der Waals surface area contributed by atoms with Crippen LogP contribution in [-0.2, 0) is 25.9 Å². The minimum atomic E-state index is 0.142. The van der Waals surface area contributed by atoms with Crippen molar-refractivity contribution < 1.29 is 29.2 Å². The third-order valence-corrected chi connectivity index (χ3v) is 11.3. The molecule has 18 heteroatoms. The summed E-state index contributed by atoms with van der Waals surface area (Å²) in [6, 6.07) is 25.5. The quantitative estimate of drug-likeness (QED) is 0.0754. The van der Waals surface area contributed by atoms with Gasteiger partial charge >= 0.3 is 0 Å². The van der Waals surface area contributed by atoms with Crippen molar-refractivity contribution in [1.82, 2.24) is 39.0 Å². The summed E-state index contributed by atoms with van der Waals surface area (Å²) >= 11 is 2.85. The molecule has 308 valence electrons. The molecule has 4 aromatic heterocycles. The Morgan fingerprint density at radius 2 is 1.27 bits per heavy atom. The van der Waals surface area contributed by atoms with Crippen LogP contribution in [0, 0.1) is 5.41 Å². The van der Waals surface area contributed by atoms with Crippen LogP contribution in [0.3, 0.4) is 0 Å². The molecule has 0 saturated carbocycles. The number of phenols is 2. The second-order valence-corrected chi connectivity index (χ2v) is 15.1. The van der Waals surface area contributed by atoms with Gasteiger partial charge in [0, 0.05) is 13.1 Å². The molecule has 0 radical (unpaired) electrons. The molecule has 8 aromatic rings. The molecule has 4 heterocycles. The number of phenolic OH excluding ortho intramolecular Hbond substituents is 2.